The molecule has 2 heterocycles. The van der Waals surface area contributed by atoms with E-state index in [0.717, 1.165) is 0 Å². The number of aromatic nitrogens is 2. The van der Waals surface area contributed by atoms with Gasteiger partial charge in [0.2, 0.25) is 11.8 Å². The summed E-state index contributed by atoms with van der Waals surface area (Å²) in [5.74, 6) is -0.816. The normalized spacial score (nSPS) is 15.7. The van der Waals surface area contributed by atoms with Crippen molar-refractivity contribution in [2.24, 2.45) is 5.73 Å². The fourth-order valence-corrected chi connectivity index (χ4v) is 3.42. The van der Waals surface area contributed by atoms with Gasteiger partial charge in [0, 0.05) is 5.75 Å². The number of fused-ring (bicyclic) bond motifs is 1. The van der Waals surface area contributed by atoms with Crippen molar-refractivity contribution in [1.82, 2.24) is 9.97 Å². The van der Waals surface area contributed by atoms with E-state index in [4.69, 9.17) is 15.2 Å². The lowest BCUT2D eigenvalue weighted by Gasteiger charge is -2.27. The van der Waals surface area contributed by atoms with Crippen molar-refractivity contribution in [2.45, 2.75) is 18.0 Å². The molecule has 1 aromatic carbocycles. The predicted molar refractivity (Wildman–Crippen MR) is 103 cm³/mol. The molecule has 0 amide bonds. The van der Waals surface area contributed by atoms with Crippen LogP contribution in [0.2, 0.25) is 0 Å². The Hall–Kier alpha value is -3.00. The summed E-state index contributed by atoms with van der Waals surface area (Å²) >= 11 is 1.31. The van der Waals surface area contributed by atoms with E-state index in [2.05, 4.69) is 16.5 Å². The average Bonchev–Trinajstić information content (AvgIpc) is 2.66. The number of esters is 1. The Balaban J connectivity index is 2.18. The van der Waals surface area contributed by atoms with Gasteiger partial charge >= 0.3 is 5.97 Å². The SMILES string of the molecule is C=CCSc1nc2c(c(=O)[nH]1)[C@@H](c1ccccc1)C(C(=O)OCC)=C(N)O2. The highest BCUT2D eigenvalue weighted by atomic mass is 32.2. The second-order valence-corrected chi connectivity index (χ2v) is 6.64. The smallest absolute Gasteiger partial charge is 0.340 e. The number of nitrogens with one attached hydrogen (secondary N) is 1. The molecule has 1 aliphatic rings. The molecule has 0 saturated carbocycles. The number of aromatic amines is 1. The highest BCUT2D eigenvalue weighted by Crippen LogP contribution is 2.40. The molecule has 140 valence electrons. The number of hydrogen-bond acceptors (Lipinski definition) is 7. The van der Waals surface area contributed by atoms with Crippen LogP contribution in [0.15, 0.2) is 64.4 Å². The molecular formula is C19H19N3O4S. The number of hydrogen-bond donors (Lipinski definition) is 2. The summed E-state index contributed by atoms with van der Waals surface area (Å²) in [5, 5.41) is 0.387. The molecule has 27 heavy (non-hydrogen) atoms. The molecule has 0 aliphatic carbocycles. The first-order valence-corrected chi connectivity index (χ1v) is 9.32. The maximum absolute atomic E-state index is 12.8. The van der Waals surface area contributed by atoms with Crippen LogP contribution in [0.4, 0.5) is 0 Å². The number of thioether (sulfide) groups is 1. The van der Waals surface area contributed by atoms with Crippen LogP contribution in [0.25, 0.3) is 0 Å². The van der Waals surface area contributed by atoms with Crippen LogP contribution < -0.4 is 16.0 Å². The molecule has 0 spiro atoms. The van der Waals surface area contributed by atoms with Gasteiger partial charge in [-0.3, -0.25) is 4.79 Å². The minimum absolute atomic E-state index is 0.0877. The van der Waals surface area contributed by atoms with Crippen LogP contribution in [0, 0.1) is 0 Å². The third-order valence-electron chi connectivity index (χ3n) is 3.91. The molecule has 2 aromatic rings. The molecule has 1 aromatic heterocycles. The highest BCUT2D eigenvalue weighted by molar-refractivity contribution is 7.99. The van der Waals surface area contributed by atoms with Crippen molar-refractivity contribution in [2.75, 3.05) is 12.4 Å². The van der Waals surface area contributed by atoms with E-state index < -0.39 is 17.4 Å². The molecule has 0 unspecified atom stereocenters. The van der Waals surface area contributed by atoms with Crippen LogP contribution in [0.3, 0.4) is 0 Å². The Labute approximate surface area is 160 Å². The van der Waals surface area contributed by atoms with Crippen molar-refractivity contribution in [3.63, 3.8) is 0 Å². The molecule has 3 N–H and O–H groups in total. The van der Waals surface area contributed by atoms with Crippen molar-refractivity contribution >= 4 is 17.7 Å². The van der Waals surface area contributed by atoms with E-state index in [1.807, 2.05) is 30.3 Å². The van der Waals surface area contributed by atoms with Crippen molar-refractivity contribution < 1.29 is 14.3 Å². The molecule has 0 saturated heterocycles. The first-order chi connectivity index (χ1) is 13.1. The van der Waals surface area contributed by atoms with Gasteiger partial charge in [-0.2, -0.15) is 4.98 Å². The molecule has 0 radical (unpaired) electrons. The van der Waals surface area contributed by atoms with Crippen LogP contribution in [-0.2, 0) is 9.53 Å². The summed E-state index contributed by atoms with van der Waals surface area (Å²) in [4.78, 5) is 32.4. The van der Waals surface area contributed by atoms with Gasteiger partial charge in [-0.15, -0.1) is 6.58 Å². The Kier molecular flexibility index (Phi) is 5.66. The Morgan fingerprint density at radius 3 is 2.85 bits per heavy atom. The standard InChI is InChI=1S/C19H19N3O4S/c1-3-10-27-19-21-16(23)14-12(11-8-6-5-7-9-11)13(18(24)25-4-2)15(20)26-17(14)22-19/h3,5-9,12H,1,4,10,20H2,2H3,(H,21,22,23)/t12-/m0/s1. The first kappa shape index (κ1) is 18.8. The third-order valence-corrected chi connectivity index (χ3v) is 4.78. The summed E-state index contributed by atoms with van der Waals surface area (Å²) in [6.45, 7) is 5.52. The van der Waals surface area contributed by atoms with Gasteiger partial charge in [-0.1, -0.05) is 48.2 Å². The zero-order valence-corrected chi connectivity index (χ0v) is 15.5. The van der Waals surface area contributed by atoms with Gasteiger partial charge in [-0.05, 0) is 12.5 Å². The fourth-order valence-electron chi connectivity index (χ4n) is 2.83. The van der Waals surface area contributed by atoms with Gasteiger partial charge in [-0.25, -0.2) is 4.79 Å². The average molecular weight is 385 g/mol. The number of benzene rings is 1. The van der Waals surface area contributed by atoms with Gasteiger partial charge in [0.15, 0.2) is 5.16 Å². The number of nitrogens with two attached hydrogens (primary N) is 1. The van der Waals surface area contributed by atoms with Crippen LogP contribution in [0.1, 0.15) is 24.0 Å². The first-order valence-electron chi connectivity index (χ1n) is 8.34. The summed E-state index contributed by atoms with van der Waals surface area (Å²) in [6.07, 6.45) is 1.70. The van der Waals surface area contributed by atoms with E-state index in [1.165, 1.54) is 11.8 Å². The van der Waals surface area contributed by atoms with E-state index in [1.54, 1.807) is 13.0 Å². The van der Waals surface area contributed by atoms with Crippen LogP contribution in [-0.4, -0.2) is 28.3 Å². The summed E-state index contributed by atoms with van der Waals surface area (Å²) in [5.41, 5.74) is 6.67. The minimum Gasteiger partial charge on any atom is -0.462 e. The van der Waals surface area contributed by atoms with E-state index in [0.29, 0.717) is 16.5 Å². The quantitative estimate of drug-likeness (QED) is 0.340. The number of H-pyrrole nitrogens is 1. The Bertz CT molecular complexity index is 953. The topological polar surface area (TPSA) is 107 Å². The second-order valence-electron chi connectivity index (χ2n) is 5.63. The second kappa shape index (κ2) is 8.13. The molecule has 0 bridgehead atoms. The predicted octanol–water partition coefficient (Wildman–Crippen LogP) is 2.31. The highest BCUT2D eigenvalue weighted by Gasteiger charge is 2.38. The lowest BCUT2D eigenvalue weighted by Crippen LogP contribution is -2.32. The van der Waals surface area contributed by atoms with E-state index >= 15 is 0 Å². The number of carbonyl (C=O) groups excluding carboxylic acids is 1. The van der Waals surface area contributed by atoms with Crippen molar-refractivity contribution in [1.29, 1.82) is 0 Å². The largest absolute Gasteiger partial charge is 0.462 e. The Morgan fingerprint density at radius 2 is 2.19 bits per heavy atom. The zero-order valence-electron chi connectivity index (χ0n) is 14.7. The van der Waals surface area contributed by atoms with E-state index in [9.17, 15) is 9.59 Å². The molecule has 1 atom stereocenters. The summed E-state index contributed by atoms with van der Waals surface area (Å²) in [7, 11) is 0. The molecular weight excluding hydrogens is 366 g/mol. The number of carbonyl (C=O) groups is 1. The molecule has 3 rings (SSSR count). The lowest BCUT2D eigenvalue weighted by atomic mass is 9.84. The van der Waals surface area contributed by atoms with Crippen molar-refractivity contribution in [3.8, 4) is 5.88 Å². The number of rotatable bonds is 6. The molecule has 8 heteroatoms. The van der Waals surface area contributed by atoms with Gasteiger partial charge in [0.05, 0.1) is 18.1 Å². The maximum Gasteiger partial charge on any atom is 0.340 e. The van der Waals surface area contributed by atoms with Crippen molar-refractivity contribution in [3.05, 3.63) is 75.9 Å². The zero-order chi connectivity index (χ0) is 19.4. The molecule has 1 aliphatic heterocycles. The van der Waals surface area contributed by atoms with Crippen LogP contribution in [0.5, 0.6) is 5.88 Å². The maximum atomic E-state index is 12.8. The number of nitrogens with zero attached hydrogens (tertiary/aromatic N) is 1. The van der Waals surface area contributed by atoms with Gasteiger partial charge < -0.3 is 20.2 Å². The minimum atomic E-state index is -0.733. The summed E-state index contributed by atoms with van der Waals surface area (Å²) in [6, 6.07) is 9.11. The number of ether oxygens (including phenoxy) is 2. The summed E-state index contributed by atoms with van der Waals surface area (Å²) < 4.78 is 10.7. The molecule has 7 nitrogen and oxygen atoms in total. The fraction of sp³-hybridized carbons (Fsp3) is 0.211. The van der Waals surface area contributed by atoms with Gasteiger partial charge in [0.25, 0.3) is 5.56 Å². The lowest BCUT2D eigenvalue weighted by molar-refractivity contribution is -0.139. The van der Waals surface area contributed by atoms with Crippen LogP contribution >= 0.6 is 11.8 Å². The molecule has 0 fully saturated rings. The Morgan fingerprint density at radius 1 is 1.44 bits per heavy atom. The van der Waals surface area contributed by atoms with Gasteiger partial charge in [0.1, 0.15) is 5.57 Å². The van der Waals surface area contributed by atoms with E-state index in [-0.39, 0.29) is 29.5 Å². The monoisotopic (exact) mass is 385 g/mol. The third kappa shape index (κ3) is 3.75.